The topological polar surface area (TPSA) is 111 Å². The first-order valence-corrected chi connectivity index (χ1v) is 10.3. The highest BCUT2D eigenvalue weighted by Gasteiger charge is 2.23. The van der Waals surface area contributed by atoms with Gasteiger partial charge in [-0.2, -0.15) is 0 Å². The Kier molecular flexibility index (Phi) is 6.81. The second-order valence-corrected chi connectivity index (χ2v) is 7.21. The van der Waals surface area contributed by atoms with Crippen molar-refractivity contribution in [3.05, 3.63) is 54.7 Å². The van der Waals surface area contributed by atoms with Crippen LogP contribution in [0.15, 0.2) is 49.2 Å². The molecule has 10 heteroatoms. The first-order valence-electron chi connectivity index (χ1n) is 10.3. The van der Waals surface area contributed by atoms with Crippen molar-refractivity contribution >= 4 is 5.91 Å². The molecule has 166 valence electrons. The predicted octanol–water partition coefficient (Wildman–Crippen LogP) is 2.55. The Morgan fingerprint density at radius 2 is 2.06 bits per heavy atom. The quantitative estimate of drug-likeness (QED) is 0.579. The molecule has 3 aromatic heterocycles. The fourth-order valence-corrected chi connectivity index (χ4v) is 3.29. The van der Waals surface area contributed by atoms with E-state index >= 15 is 0 Å². The van der Waals surface area contributed by atoms with Crippen molar-refractivity contribution in [1.82, 2.24) is 30.6 Å². The Labute approximate surface area is 184 Å². The first-order chi connectivity index (χ1) is 15.6. The lowest BCUT2D eigenvalue weighted by Crippen LogP contribution is -2.49. The maximum atomic E-state index is 13.5. The van der Waals surface area contributed by atoms with Gasteiger partial charge in [0, 0.05) is 55.9 Å². The van der Waals surface area contributed by atoms with E-state index in [-0.39, 0.29) is 18.4 Å². The number of nitrogens with zero attached hydrogens (tertiary/aromatic N) is 4. The van der Waals surface area contributed by atoms with Crippen LogP contribution in [0.2, 0.25) is 0 Å². The first kappa shape index (κ1) is 21.6. The zero-order valence-corrected chi connectivity index (χ0v) is 17.5. The minimum absolute atomic E-state index is 0.267. The molecule has 0 unspecified atom stereocenters. The summed E-state index contributed by atoms with van der Waals surface area (Å²) < 4.78 is 24.8. The van der Waals surface area contributed by atoms with Gasteiger partial charge in [0.2, 0.25) is 0 Å². The van der Waals surface area contributed by atoms with Crippen molar-refractivity contribution in [2.75, 3.05) is 19.7 Å². The summed E-state index contributed by atoms with van der Waals surface area (Å²) in [6.07, 6.45) is 6.94. The van der Waals surface area contributed by atoms with Gasteiger partial charge in [-0.1, -0.05) is 0 Å². The standard InChI is InChI=1S/C22H23FN6O3/c1-2-31-19-4-3-5-26-22(19)32-18-6-14(8-24-13-18)20-27-9-15(10-28-20)21(30)29-17-7-16(23)11-25-12-17/h3-6,8-10,13,16-17,25H,2,7,11-12H2,1H3,(H,29,30)/t16-,17-/m0/s1. The summed E-state index contributed by atoms with van der Waals surface area (Å²) in [5.41, 5.74) is 0.907. The summed E-state index contributed by atoms with van der Waals surface area (Å²) in [6, 6.07) is 4.99. The smallest absolute Gasteiger partial charge is 0.262 e. The van der Waals surface area contributed by atoms with Crippen LogP contribution >= 0.6 is 0 Å². The molecule has 1 aliphatic heterocycles. The molecule has 1 aliphatic rings. The largest absolute Gasteiger partial charge is 0.488 e. The normalized spacial score (nSPS) is 18.1. The van der Waals surface area contributed by atoms with Crippen molar-refractivity contribution in [3.63, 3.8) is 0 Å². The van der Waals surface area contributed by atoms with Crippen LogP contribution in [0.3, 0.4) is 0 Å². The molecule has 4 rings (SSSR count). The molecule has 0 spiro atoms. The molecule has 32 heavy (non-hydrogen) atoms. The Balaban J connectivity index is 1.45. The second kappa shape index (κ2) is 10.1. The second-order valence-electron chi connectivity index (χ2n) is 7.21. The maximum Gasteiger partial charge on any atom is 0.262 e. The van der Waals surface area contributed by atoms with Gasteiger partial charge in [-0.25, -0.2) is 19.3 Å². The Bertz CT molecular complexity index is 1070. The third kappa shape index (κ3) is 5.33. The summed E-state index contributed by atoms with van der Waals surface area (Å²) in [6.45, 7) is 3.21. The highest BCUT2D eigenvalue weighted by atomic mass is 19.1. The Morgan fingerprint density at radius 1 is 1.22 bits per heavy atom. The van der Waals surface area contributed by atoms with E-state index in [2.05, 4.69) is 30.6 Å². The predicted molar refractivity (Wildman–Crippen MR) is 114 cm³/mol. The average molecular weight is 438 g/mol. The highest BCUT2D eigenvalue weighted by Crippen LogP contribution is 2.30. The summed E-state index contributed by atoms with van der Waals surface area (Å²) >= 11 is 0. The minimum atomic E-state index is -0.967. The number of carbonyl (C=O) groups excluding carboxylic acids is 1. The number of pyridine rings is 2. The number of ether oxygens (including phenoxy) is 2. The van der Waals surface area contributed by atoms with Gasteiger partial charge in [-0.15, -0.1) is 0 Å². The molecular formula is C22H23FN6O3. The maximum absolute atomic E-state index is 13.5. The van der Waals surface area contributed by atoms with Crippen molar-refractivity contribution in [2.24, 2.45) is 0 Å². The van der Waals surface area contributed by atoms with E-state index in [1.807, 2.05) is 6.92 Å². The van der Waals surface area contributed by atoms with Crippen LogP contribution in [0.25, 0.3) is 11.4 Å². The van der Waals surface area contributed by atoms with Crippen molar-refractivity contribution in [1.29, 1.82) is 0 Å². The van der Waals surface area contributed by atoms with Crippen LogP contribution < -0.4 is 20.1 Å². The van der Waals surface area contributed by atoms with Gasteiger partial charge in [-0.05, 0) is 25.1 Å². The summed E-state index contributed by atoms with van der Waals surface area (Å²) in [7, 11) is 0. The fourth-order valence-electron chi connectivity index (χ4n) is 3.29. The number of piperidine rings is 1. The van der Waals surface area contributed by atoms with Crippen LogP contribution in [0, 0.1) is 0 Å². The molecule has 9 nitrogen and oxygen atoms in total. The van der Waals surface area contributed by atoms with E-state index in [0.29, 0.717) is 54.0 Å². The molecule has 1 amide bonds. The molecule has 0 saturated carbocycles. The van der Waals surface area contributed by atoms with Crippen LogP contribution in [0.4, 0.5) is 4.39 Å². The SMILES string of the molecule is CCOc1cccnc1Oc1cncc(-c2ncc(C(=O)N[C@@H]3CNC[C@@H](F)C3)cn2)c1. The number of amides is 1. The van der Waals surface area contributed by atoms with E-state index in [1.54, 1.807) is 36.8 Å². The minimum Gasteiger partial charge on any atom is -0.488 e. The summed E-state index contributed by atoms with van der Waals surface area (Å²) in [4.78, 5) is 29.3. The molecule has 0 aliphatic carbocycles. The molecule has 2 N–H and O–H groups in total. The molecule has 1 saturated heterocycles. The van der Waals surface area contributed by atoms with Crippen LogP contribution in [-0.4, -0.2) is 57.8 Å². The van der Waals surface area contributed by atoms with Gasteiger partial charge < -0.3 is 20.1 Å². The molecule has 1 fully saturated rings. The van der Waals surface area contributed by atoms with E-state index in [0.717, 1.165) is 0 Å². The molecule has 0 radical (unpaired) electrons. The van der Waals surface area contributed by atoms with Crippen LogP contribution in [-0.2, 0) is 0 Å². The molecular weight excluding hydrogens is 415 g/mol. The van der Waals surface area contributed by atoms with Crippen molar-refractivity contribution in [3.8, 4) is 28.8 Å². The number of nitrogens with one attached hydrogen (secondary N) is 2. The number of hydrogen-bond acceptors (Lipinski definition) is 8. The van der Waals surface area contributed by atoms with E-state index in [9.17, 15) is 9.18 Å². The number of carbonyl (C=O) groups is 1. The zero-order valence-electron chi connectivity index (χ0n) is 17.5. The van der Waals surface area contributed by atoms with Gasteiger partial charge >= 0.3 is 0 Å². The Morgan fingerprint density at radius 3 is 2.84 bits per heavy atom. The fraction of sp³-hybridized carbons (Fsp3) is 0.318. The highest BCUT2D eigenvalue weighted by molar-refractivity contribution is 5.93. The molecule has 3 aromatic rings. The molecule has 0 aromatic carbocycles. The summed E-state index contributed by atoms with van der Waals surface area (Å²) in [5.74, 6) is 1.34. The average Bonchev–Trinajstić information content (AvgIpc) is 2.81. The molecule has 2 atom stereocenters. The molecule has 4 heterocycles. The monoisotopic (exact) mass is 438 g/mol. The third-order valence-corrected chi connectivity index (χ3v) is 4.77. The lowest BCUT2D eigenvalue weighted by atomic mass is 10.1. The number of alkyl halides is 1. The number of aromatic nitrogens is 4. The van der Waals surface area contributed by atoms with Gasteiger partial charge in [0.25, 0.3) is 11.8 Å². The number of halogens is 1. The molecule has 0 bridgehead atoms. The third-order valence-electron chi connectivity index (χ3n) is 4.77. The zero-order chi connectivity index (χ0) is 22.3. The van der Waals surface area contributed by atoms with E-state index < -0.39 is 6.17 Å². The van der Waals surface area contributed by atoms with Crippen LogP contribution in [0.1, 0.15) is 23.7 Å². The van der Waals surface area contributed by atoms with Crippen LogP contribution in [0.5, 0.6) is 17.4 Å². The van der Waals surface area contributed by atoms with Gasteiger partial charge in [0.1, 0.15) is 11.9 Å². The van der Waals surface area contributed by atoms with Crippen molar-refractivity contribution in [2.45, 2.75) is 25.6 Å². The summed E-state index contributed by atoms with van der Waals surface area (Å²) in [5, 5.41) is 5.76. The van der Waals surface area contributed by atoms with Crippen molar-refractivity contribution < 1.29 is 18.7 Å². The van der Waals surface area contributed by atoms with Gasteiger partial charge in [-0.3, -0.25) is 9.78 Å². The van der Waals surface area contributed by atoms with E-state index in [4.69, 9.17) is 9.47 Å². The van der Waals surface area contributed by atoms with E-state index in [1.165, 1.54) is 12.4 Å². The lowest BCUT2D eigenvalue weighted by molar-refractivity contribution is 0.0918. The Hall–Kier alpha value is -3.66. The van der Waals surface area contributed by atoms with Gasteiger partial charge in [0.05, 0.1) is 18.4 Å². The van der Waals surface area contributed by atoms with Gasteiger partial charge in [0.15, 0.2) is 11.6 Å². The number of rotatable bonds is 7. The lowest BCUT2D eigenvalue weighted by Gasteiger charge is -2.26. The number of hydrogen-bond donors (Lipinski definition) is 2.